The minimum absolute atomic E-state index is 0.00772. The van der Waals surface area contributed by atoms with E-state index >= 15 is 0 Å². The summed E-state index contributed by atoms with van der Waals surface area (Å²) in [5.74, 6) is -0.273. The van der Waals surface area contributed by atoms with Gasteiger partial charge in [0.1, 0.15) is 6.20 Å². The molecule has 20 heavy (non-hydrogen) atoms. The van der Waals surface area contributed by atoms with E-state index in [1.165, 1.54) is 4.90 Å². The van der Waals surface area contributed by atoms with Gasteiger partial charge in [0.05, 0.1) is 11.5 Å². The Morgan fingerprint density at radius 1 is 1.60 bits per heavy atom. The topological polar surface area (TPSA) is 127 Å². The Bertz CT molecular complexity index is 505. The maximum atomic E-state index is 11.8. The highest BCUT2D eigenvalue weighted by molar-refractivity contribution is 5.82. The van der Waals surface area contributed by atoms with Gasteiger partial charge in [0.2, 0.25) is 17.7 Å². The molecule has 0 spiro atoms. The van der Waals surface area contributed by atoms with E-state index in [0.717, 1.165) is 6.20 Å². The Morgan fingerprint density at radius 3 is 2.75 bits per heavy atom. The zero-order chi connectivity index (χ0) is 15.3. The normalized spacial score (nSPS) is 10.4. The van der Waals surface area contributed by atoms with Crippen LogP contribution in [0.15, 0.2) is 6.20 Å². The number of nitrogens with two attached hydrogens (primary N) is 1. The molecule has 3 N–H and O–H groups in total. The first-order chi connectivity index (χ1) is 9.35. The molecule has 110 valence electrons. The molecular weight excluding hydrogens is 264 g/mol. The smallest absolute Gasteiger partial charge is 0.329 e. The summed E-state index contributed by atoms with van der Waals surface area (Å²) in [6.07, 6.45) is 1.04. The zero-order valence-corrected chi connectivity index (χ0v) is 11.7. The van der Waals surface area contributed by atoms with Crippen LogP contribution < -0.4 is 16.0 Å². The van der Waals surface area contributed by atoms with E-state index in [1.54, 1.807) is 6.92 Å². The van der Waals surface area contributed by atoms with Crippen LogP contribution in [-0.4, -0.2) is 39.9 Å². The molecule has 0 bridgehead atoms. The summed E-state index contributed by atoms with van der Waals surface area (Å²) in [5, 5.41) is 13.7. The molecule has 1 heterocycles. The maximum Gasteiger partial charge on any atom is 0.329 e. The minimum atomic E-state index is -0.599. The predicted molar refractivity (Wildman–Crippen MR) is 74.3 cm³/mol. The van der Waals surface area contributed by atoms with Crippen LogP contribution >= 0.6 is 0 Å². The van der Waals surface area contributed by atoms with Gasteiger partial charge in [0.15, 0.2) is 0 Å². The number of hydrogen-bond acceptors (Lipinski definition) is 7. The lowest BCUT2D eigenvalue weighted by Crippen LogP contribution is -2.40. The number of nitrogens with zero attached hydrogens (tertiary/aromatic N) is 4. The number of nitrogens with one attached hydrogen (secondary N) is 1. The van der Waals surface area contributed by atoms with E-state index in [-0.39, 0.29) is 35.9 Å². The average Bonchev–Trinajstić information content (AvgIpc) is 2.34. The molecule has 0 saturated heterocycles. The molecule has 0 aliphatic heterocycles. The molecular formula is C11H18N6O3. The van der Waals surface area contributed by atoms with Crippen LogP contribution in [0.1, 0.15) is 20.8 Å². The Hall–Kier alpha value is -2.45. The highest BCUT2D eigenvalue weighted by atomic mass is 16.6. The van der Waals surface area contributed by atoms with E-state index < -0.39 is 4.92 Å². The molecule has 0 radical (unpaired) electrons. The summed E-state index contributed by atoms with van der Waals surface area (Å²) in [4.78, 5) is 31.1. The van der Waals surface area contributed by atoms with Gasteiger partial charge in [-0.05, 0) is 20.8 Å². The Labute approximate surface area is 116 Å². The van der Waals surface area contributed by atoms with Crippen molar-refractivity contribution in [1.29, 1.82) is 0 Å². The number of hydrogen-bond donors (Lipinski definition) is 2. The van der Waals surface area contributed by atoms with Crippen molar-refractivity contribution in [2.75, 3.05) is 23.7 Å². The van der Waals surface area contributed by atoms with Gasteiger partial charge in [-0.25, -0.2) is 4.98 Å². The van der Waals surface area contributed by atoms with Gasteiger partial charge in [-0.1, -0.05) is 0 Å². The summed E-state index contributed by atoms with van der Waals surface area (Å²) in [7, 11) is 0. The molecule has 0 aromatic carbocycles. The van der Waals surface area contributed by atoms with Crippen LogP contribution in [0.2, 0.25) is 0 Å². The van der Waals surface area contributed by atoms with Gasteiger partial charge < -0.3 is 16.0 Å². The van der Waals surface area contributed by atoms with Crippen molar-refractivity contribution < 1.29 is 9.72 Å². The van der Waals surface area contributed by atoms with Crippen molar-refractivity contribution in [3.63, 3.8) is 0 Å². The largest absolute Gasteiger partial charge is 0.368 e. The summed E-state index contributed by atoms with van der Waals surface area (Å²) < 4.78 is 0. The summed E-state index contributed by atoms with van der Waals surface area (Å²) in [6.45, 7) is 5.78. The Kier molecular flexibility index (Phi) is 5.18. The number of nitrogen functional groups attached to an aromatic ring is 1. The van der Waals surface area contributed by atoms with Gasteiger partial charge in [-0.3, -0.25) is 14.9 Å². The number of carbonyl (C=O) groups is 1. The highest BCUT2D eigenvalue weighted by Crippen LogP contribution is 2.25. The zero-order valence-electron chi connectivity index (χ0n) is 11.7. The van der Waals surface area contributed by atoms with E-state index in [1.807, 2.05) is 13.8 Å². The minimum Gasteiger partial charge on any atom is -0.368 e. The number of nitro groups is 1. The lowest BCUT2D eigenvalue weighted by molar-refractivity contribution is -0.384. The van der Waals surface area contributed by atoms with Gasteiger partial charge in [0.25, 0.3) is 0 Å². The standard InChI is InChI=1S/C11H18N6O3/c1-4-16(6-9(18)14-7(2)3)10-8(17(19)20)5-13-11(12)15-10/h5,7H,4,6H2,1-3H3,(H,14,18)(H2,12,13,15). The predicted octanol–water partition coefficient (Wildman–Crippen LogP) is 0.318. The third-order valence-corrected chi connectivity index (χ3v) is 2.43. The molecule has 0 aliphatic carbocycles. The summed E-state index contributed by atoms with van der Waals surface area (Å²) in [5.41, 5.74) is 5.18. The number of amides is 1. The van der Waals surface area contributed by atoms with Crippen molar-refractivity contribution in [3.05, 3.63) is 16.3 Å². The number of likely N-dealkylation sites (N-methyl/N-ethyl adjacent to an activating group) is 1. The second-order valence-electron chi connectivity index (χ2n) is 4.43. The van der Waals surface area contributed by atoms with Crippen molar-refractivity contribution in [3.8, 4) is 0 Å². The van der Waals surface area contributed by atoms with Crippen LogP contribution in [0.4, 0.5) is 17.5 Å². The lowest BCUT2D eigenvalue weighted by Gasteiger charge is -2.21. The quantitative estimate of drug-likeness (QED) is 0.568. The molecule has 0 fully saturated rings. The molecule has 1 rings (SSSR count). The maximum absolute atomic E-state index is 11.8. The Balaban J connectivity index is 3.02. The first-order valence-electron chi connectivity index (χ1n) is 6.16. The van der Waals surface area contributed by atoms with Crippen molar-refractivity contribution in [2.45, 2.75) is 26.8 Å². The van der Waals surface area contributed by atoms with Crippen LogP contribution in [-0.2, 0) is 4.79 Å². The molecule has 9 nitrogen and oxygen atoms in total. The number of aromatic nitrogens is 2. The number of carbonyl (C=O) groups excluding carboxylic acids is 1. The lowest BCUT2D eigenvalue weighted by atomic mass is 10.3. The van der Waals surface area contributed by atoms with Crippen LogP contribution in [0.3, 0.4) is 0 Å². The second-order valence-corrected chi connectivity index (χ2v) is 4.43. The van der Waals surface area contributed by atoms with E-state index in [9.17, 15) is 14.9 Å². The molecule has 0 saturated carbocycles. The second kappa shape index (κ2) is 6.64. The fraction of sp³-hybridized carbons (Fsp3) is 0.545. The Morgan fingerprint density at radius 2 is 2.25 bits per heavy atom. The molecule has 0 atom stereocenters. The molecule has 9 heteroatoms. The van der Waals surface area contributed by atoms with Gasteiger partial charge in [0, 0.05) is 12.6 Å². The molecule has 0 unspecified atom stereocenters. The fourth-order valence-corrected chi connectivity index (χ4v) is 1.62. The monoisotopic (exact) mass is 282 g/mol. The molecule has 1 aromatic rings. The number of rotatable bonds is 6. The van der Waals surface area contributed by atoms with Crippen molar-refractivity contribution in [1.82, 2.24) is 15.3 Å². The summed E-state index contributed by atoms with van der Waals surface area (Å²) >= 11 is 0. The van der Waals surface area contributed by atoms with E-state index in [0.29, 0.717) is 6.54 Å². The first kappa shape index (κ1) is 15.6. The van der Waals surface area contributed by atoms with E-state index in [2.05, 4.69) is 15.3 Å². The molecule has 1 aromatic heterocycles. The molecule has 0 aliphatic rings. The number of anilines is 2. The third kappa shape index (κ3) is 4.04. The average molecular weight is 282 g/mol. The van der Waals surface area contributed by atoms with Gasteiger partial charge >= 0.3 is 5.69 Å². The van der Waals surface area contributed by atoms with Crippen LogP contribution in [0.25, 0.3) is 0 Å². The van der Waals surface area contributed by atoms with Crippen molar-refractivity contribution in [2.24, 2.45) is 0 Å². The highest BCUT2D eigenvalue weighted by Gasteiger charge is 2.23. The summed E-state index contributed by atoms with van der Waals surface area (Å²) in [6, 6.07) is -0.00772. The fourth-order valence-electron chi connectivity index (χ4n) is 1.62. The van der Waals surface area contributed by atoms with Crippen LogP contribution in [0, 0.1) is 10.1 Å². The first-order valence-corrected chi connectivity index (χ1v) is 6.16. The van der Waals surface area contributed by atoms with Crippen molar-refractivity contribution >= 4 is 23.4 Å². The van der Waals surface area contributed by atoms with Gasteiger partial charge in [-0.15, -0.1) is 0 Å². The third-order valence-electron chi connectivity index (χ3n) is 2.43. The van der Waals surface area contributed by atoms with Gasteiger partial charge in [-0.2, -0.15) is 4.98 Å². The van der Waals surface area contributed by atoms with E-state index in [4.69, 9.17) is 5.73 Å². The molecule has 1 amide bonds. The SMILES string of the molecule is CCN(CC(=O)NC(C)C)c1nc(N)ncc1[N+](=O)[O-]. The van der Waals surface area contributed by atoms with Crippen LogP contribution in [0.5, 0.6) is 0 Å².